The van der Waals surface area contributed by atoms with Crippen molar-refractivity contribution in [1.29, 1.82) is 0 Å². The van der Waals surface area contributed by atoms with E-state index < -0.39 is 11.6 Å². The highest BCUT2D eigenvalue weighted by Gasteiger charge is 2.08. The summed E-state index contributed by atoms with van der Waals surface area (Å²) in [4.78, 5) is 0. The van der Waals surface area contributed by atoms with Crippen molar-refractivity contribution < 1.29 is 8.78 Å². The van der Waals surface area contributed by atoms with Crippen molar-refractivity contribution in [2.75, 3.05) is 0 Å². The van der Waals surface area contributed by atoms with Crippen LogP contribution in [-0.4, -0.2) is 5.38 Å². The molecule has 0 aromatic heterocycles. The van der Waals surface area contributed by atoms with E-state index >= 15 is 0 Å². The van der Waals surface area contributed by atoms with Crippen LogP contribution in [0.1, 0.15) is 24.0 Å². The zero-order valence-corrected chi connectivity index (χ0v) is 11.9. The van der Waals surface area contributed by atoms with Gasteiger partial charge >= 0.3 is 0 Å². The van der Waals surface area contributed by atoms with E-state index in [0.29, 0.717) is 6.42 Å². The van der Waals surface area contributed by atoms with Gasteiger partial charge < -0.3 is 0 Å². The number of aryl methyl sites for hydroxylation is 1. The van der Waals surface area contributed by atoms with Crippen molar-refractivity contribution >= 4 is 11.6 Å². The Balaban J connectivity index is 1.77. The molecule has 0 bridgehead atoms. The molecule has 2 aromatic carbocycles. The Morgan fingerprint density at radius 3 is 2.35 bits per heavy atom. The summed E-state index contributed by atoms with van der Waals surface area (Å²) in [7, 11) is 0. The fourth-order valence-electron chi connectivity index (χ4n) is 2.20. The highest BCUT2D eigenvalue weighted by Crippen LogP contribution is 2.17. The van der Waals surface area contributed by atoms with Gasteiger partial charge in [-0.3, -0.25) is 0 Å². The summed E-state index contributed by atoms with van der Waals surface area (Å²) >= 11 is 6.26. The molecule has 0 aliphatic carbocycles. The van der Waals surface area contributed by atoms with Crippen LogP contribution in [0.2, 0.25) is 0 Å². The fourth-order valence-corrected chi connectivity index (χ4v) is 2.53. The van der Waals surface area contributed by atoms with E-state index in [2.05, 4.69) is 12.1 Å². The van der Waals surface area contributed by atoms with Gasteiger partial charge in [0, 0.05) is 5.38 Å². The third kappa shape index (κ3) is 4.61. The predicted octanol–water partition coefficient (Wildman–Crippen LogP) is 5.14. The molecule has 0 N–H and O–H groups in total. The highest BCUT2D eigenvalue weighted by atomic mass is 35.5. The predicted molar refractivity (Wildman–Crippen MR) is 79.1 cm³/mol. The first-order chi connectivity index (χ1) is 9.65. The molecule has 0 aliphatic heterocycles. The lowest BCUT2D eigenvalue weighted by Crippen LogP contribution is -2.04. The van der Waals surface area contributed by atoms with Crippen LogP contribution in [-0.2, 0) is 12.8 Å². The van der Waals surface area contributed by atoms with Gasteiger partial charge in [0.05, 0.1) is 0 Å². The molecule has 3 heteroatoms. The molecule has 20 heavy (non-hydrogen) atoms. The minimum Gasteiger partial charge on any atom is -0.204 e. The van der Waals surface area contributed by atoms with Crippen molar-refractivity contribution in [2.45, 2.75) is 31.1 Å². The van der Waals surface area contributed by atoms with Gasteiger partial charge in [-0.25, -0.2) is 8.78 Å². The summed E-state index contributed by atoms with van der Waals surface area (Å²) in [5, 5.41) is -0.0522. The van der Waals surface area contributed by atoms with E-state index in [-0.39, 0.29) is 5.38 Å². The Labute approximate surface area is 123 Å². The molecule has 2 aromatic rings. The third-order valence-corrected chi connectivity index (χ3v) is 3.64. The number of rotatable bonds is 6. The average Bonchev–Trinajstić information content (AvgIpc) is 2.44. The first-order valence-electron chi connectivity index (χ1n) is 6.77. The highest BCUT2D eigenvalue weighted by molar-refractivity contribution is 6.20. The molecular formula is C17H17ClF2. The molecule has 1 atom stereocenters. The van der Waals surface area contributed by atoms with E-state index in [1.54, 1.807) is 6.07 Å². The molecule has 0 nitrogen and oxygen atoms in total. The summed E-state index contributed by atoms with van der Waals surface area (Å²) in [6.07, 6.45) is 3.40. The zero-order chi connectivity index (χ0) is 14.4. The Bertz CT molecular complexity index is 540. The van der Waals surface area contributed by atoms with E-state index in [1.807, 2.05) is 18.2 Å². The van der Waals surface area contributed by atoms with Gasteiger partial charge in [0.25, 0.3) is 0 Å². The lowest BCUT2D eigenvalue weighted by molar-refractivity contribution is 0.506. The summed E-state index contributed by atoms with van der Waals surface area (Å²) in [6.45, 7) is 0. The minimum absolute atomic E-state index is 0.0522. The number of benzene rings is 2. The SMILES string of the molecule is Fc1ccc(CC(Cl)CCCc2ccccc2)cc1F. The molecule has 0 fully saturated rings. The van der Waals surface area contributed by atoms with E-state index in [0.717, 1.165) is 30.9 Å². The van der Waals surface area contributed by atoms with Crippen LogP contribution < -0.4 is 0 Å². The van der Waals surface area contributed by atoms with Crippen LogP contribution in [0.5, 0.6) is 0 Å². The van der Waals surface area contributed by atoms with Crippen molar-refractivity contribution in [2.24, 2.45) is 0 Å². The van der Waals surface area contributed by atoms with Crippen molar-refractivity contribution in [1.82, 2.24) is 0 Å². The molecule has 106 valence electrons. The normalized spacial score (nSPS) is 12.3. The molecular weight excluding hydrogens is 278 g/mol. The summed E-state index contributed by atoms with van der Waals surface area (Å²) in [5.74, 6) is -1.63. The Hall–Kier alpha value is -1.41. The second kappa shape index (κ2) is 7.39. The largest absolute Gasteiger partial charge is 0.204 e. The molecule has 0 saturated carbocycles. The number of alkyl halides is 1. The minimum atomic E-state index is -0.816. The van der Waals surface area contributed by atoms with Crippen LogP contribution in [0.3, 0.4) is 0 Å². The van der Waals surface area contributed by atoms with Gasteiger partial charge in [0.1, 0.15) is 0 Å². The van der Waals surface area contributed by atoms with Gasteiger partial charge in [-0.2, -0.15) is 0 Å². The van der Waals surface area contributed by atoms with Gasteiger partial charge in [0.15, 0.2) is 11.6 Å². The van der Waals surface area contributed by atoms with Crippen molar-refractivity contribution in [3.8, 4) is 0 Å². The molecule has 0 heterocycles. The Morgan fingerprint density at radius 2 is 1.65 bits per heavy atom. The quantitative estimate of drug-likeness (QED) is 0.647. The first-order valence-corrected chi connectivity index (χ1v) is 7.20. The topological polar surface area (TPSA) is 0 Å². The zero-order valence-electron chi connectivity index (χ0n) is 11.2. The van der Waals surface area contributed by atoms with Crippen LogP contribution >= 0.6 is 11.6 Å². The van der Waals surface area contributed by atoms with E-state index in [1.165, 1.54) is 11.6 Å². The van der Waals surface area contributed by atoms with E-state index in [4.69, 9.17) is 11.6 Å². The number of halogens is 3. The van der Waals surface area contributed by atoms with Gasteiger partial charge in [0.2, 0.25) is 0 Å². The van der Waals surface area contributed by atoms with Gasteiger partial charge in [-0.1, -0.05) is 36.4 Å². The van der Waals surface area contributed by atoms with Gasteiger partial charge in [-0.15, -0.1) is 11.6 Å². The molecule has 0 aliphatic rings. The maximum absolute atomic E-state index is 13.1. The Morgan fingerprint density at radius 1 is 0.900 bits per heavy atom. The maximum Gasteiger partial charge on any atom is 0.159 e. The molecule has 1 unspecified atom stereocenters. The van der Waals surface area contributed by atoms with Crippen molar-refractivity contribution in [3.05, 3.63) is 71.3 Å². The average molecular weight is 295 g/mol. The maximum atomic E-state index is 13.1. The lowest BCUT2D eigenvalue weighted by Gasteiger charge is -2.10. The lowest BCUT2D eigenvalue weighted by atomic mass is 10.0. The summed E-state index contributed by atoms with van der Waals surface area (Å²) in [5.41, 5.74) is 2.04. The molecule has 2 rings (SSSR count). The summed E-state index contributed by atoms with van der Waals surface area (Å²) in [6, 6.07) is 14.2. The first kappa shape index (κ1) is 15.0. The second-order valence-electron chi connectivity index (χ2n) is 4.93. The van der Waals surface area contributed by atoms with Crippen molar-refractivity contribution in [3.63, 3.8) is 0 Å². The van der Waals surface area contributed by atoms with Crippen LogP contribution in [0.25, 0.3) is 0 Å². The summed E-state index contributed by atoms with van der Waals surface area (Å²) < 4.78 is 25.9. The van der Waals surface area contributed by atoms with Crippen LogP contribution in [0, 0.1) is 11.6 Å². The molecule has 0 saturated heterocycles. The monoisotopic (exact) mass is 294 g/mol. The smallest absolute Gasteiger partial charge is 0.159 e. The van der Waals surface area contributed by atoms with Crippen LogP contribution in [0.15, 0.2) is 48.5 Å². The molecule has 0 amide bonds. The van der Waals surface area contributed by atoms with Gasteiger partial charge in [-0.05, 0) is 48.9 Å². The number of hydrogen-bond acceptors (Lipinski definition) is 0. The third-order valence-electron chi connectivity index (χ3n) is 3.27. The standard InChI is InChI=1S/C17H17ClF2/c18-15(8-4-7-13-5-2-1-3-6-13)11-14-9-10-16(19)17(20)12-14/h1-3,5-6,9-10,12,15H,4,7-8,11H2. The van der Waals surface area contributed by atoms with E-state index in [9.17, 15) is 8.78 Å². The molecule has 0 radical (unpaired) electrons. The fraction of sp³-hybridized carbons (Fsp3) is 0.294. The number of hydrogen-bond donors (Lipinski definition) is 0. The molecule has 0 spiro atoms. The van der Waals surface area contributed by atoms with Crippen LogP contribution in [0.4, 0.5) is 8.78 Å². The Kier molecular flexibility index (Phi) is 5.54. The second-order valence-corrected chi connectivity index (χ2v) is 5.54.